The number of hydrogen-bond donors (Lipinski definition) is 0. The van der Waals surface area contributed by atoms with Crippen molar-refractivity contribution in [3.05, 3.63) is 12.2 Å². The Bertz CT molecular complexity index is 209. The van der Waals surface area contributed by atoms with Crippen LogP contribution in [0.4, 0.5) is 0 Å². The lowest BCUT2D eigenvalue weighted by Crippen LogP contribution is -2.14. The molecule has 0 spiro atoms. The van der Waals surface area contributed by atoms with Crippen LogP contribution in [0.25, 0.3) is 0 Å². The van der Waals surface area contributed by atoms with Gasteiger partial charge in [0.05, 0.1) is 13.0 Å². The molecule has 0 aliphatic carbocycles. The molecule has 0 bridgehead atoms. The Kier molecular flexibility index (Phi) is 7.10. The summed E-state index contributed by atoms with van der Waals surface area (Å²) in [5.74, 6) is 0.587. The molecule has 0 amide bonds. The van der Waals surface area contributed by atoms with Crippen LogP contribution >= 0.6 is 0 Å². The van der Waals surface area contributed by atoms with E-state index in [0.29, 0.717) is 5.92 Å². The molecule has 15 heavy (non-hydrogen) atoms. The van der Waals surface area contributed by atoms with Gasteiger partial charge < -0.3 is 4.74 Å². The van der Waals surface area contributed by atoms with Crippen molar-refractivity contribution in [3.63, 3.8) is 0 Å². The number of rotatable bonds is 7. The molecule has 0 radical (unpaired) electrons. The topological polar surface area (TPSA) is 26.3 Å². The van der Waals surface area contributed by atoms with Crippen molar-refractivity contribution in [2.45, 2.75) is 46.5 Å². The summed E-state index contributed by atoms with van der Waals surface area (Å²) in [4.78, 5) is 11.2. The number of carbonyl (C=O) groups excluding carboxylic acids is 1. The first-order valence-corrected chi connectivity index (χ1v) is 5.73. The molecule has 88 valence electrons. The molecule has 0 rings (SSSR count). The highest BCUT2D eigenvalue weighted by Crippen LogP contribution is 2.22. The molecule has 2 heteroatoms. The van der Waals surface area contributed by atoms with Crippen LogP contribution in [0.2, 0.25) is 0 Å². The van der Waals surface area contributed by atoms with Crippen molar-refractivity contribution in [3.8, 4) is 0 Å². The van der Waals surface area contributed by atoms with Gasteiger partial charge in [0.2, 0.25) is 0 Å². The molecule has 2 nitrogen and oxygen atoms in total. The zero-order valence-corrected chi connectivity index (χ0v) is 10.5. The summed E-state index contributed by atoms with van der Waals surface area (Å²) >= 11 is 0. The van der Waals surface area contributed by atoms with Crippen LogP contribution in [-0.2, 0) is 9.53 Å². The highest BCUT2D eigenvalue weighted by Gasteiger charge is 2.15. The van der Waals surface area contributed by atoms with Gasteiger partial charge in [-0.15, -0.1) is 6.58 Å². The van der Waals surface area contributed by atoms with Crippen LogP contribution in [-0.4, -0.2) is 13.1 Å². The first-order valence-electron chi connectivity index (χ1n) is 5.73. The van der Waals surface area contributed by atoms with Gasteiger partial charge in [0.25, 0.3) is 0 Å². The number of hydrogen-bond acceptors (Lipinski definition) is 2. The van der Waals surface area contributed by atoms with E-state index in [1.807, 2.05) is 6.92 Å². The Hall–Kier alpha value is -0.790. The SMILES string of the molecule is C=C(C)CC(CC)CC[C@@H](C)C(=O)OC. The van der Waals surface area contributed by atoms with Crippen LogP contribution < -0.4 is 0 Å². The first-order chi connectivity index (χ1) is 7.01. The van der Waals surface area contributed by atoms with Gasteiger partial charge in [0.15, 0.2) is 0 Å². The predicted molar refractivity (Wildman–Crippen MR) is 63.6 cm³/mol. The fourth-order valence-corrected chi connectivity index (χ4v) is 1.75. The van der Waals surface area contributed by atoms with E-state index < -0.39 is 0 Å². The highest BCUT2D eigenvalue weighted by atomic mass is 16.5. The van der Waals surface area contributed by atoms with Crippen molar-refractivity contribution >= 4 is 5.97 Å². The lowest BCUT2D eigenvalue weighted by atomic mass is 9.90. The highest BCUT2D eigenvalue weighted by molar-refractivity contribution is 5.71. The first kappa shape index (κ1) is 14.2. The molecule has 0 saturated carbocycles. The molecule has 0 fully saturated rings. The van der Waals surface area contributed by atoms with Crippen molar-refractivity contribution in [2.24, 2.45) is 11.8 Å². The quantitative estimate of drug-likeness (QED) is 0.476. The van der Waals surface area contributed by atoms with Gasteiger partial charge in [-0.2, -0.15) is 0 Å². The molecule has 0 heterocycles. The van der Waals surface area contributed by atoms with Crippen LogP contribution in [0.5, 0.6) is 0 Å². The molecule has 2 atom stereocenters. The second kappa shape index (κ2) is 7.49. The Morgan fingerprint density at radius 3 is 2.40 bits per heavy atom. The summed E-state index contributed by atoms with van der Waals surface area (Å²) in [7, 11) is 1.45. The minimum absolute atomic E-state index is 0.0224. The van der Waals surface area contributed by atoms with Gasteiger partial charge in [-0.25, -0.2) is 0 Å². The third-order valence-corrected chi connectivity index (χ3v) is 2.83. The maximum Gasteiger partial charge on any atom is 0.308 e. The molecule has 0 N–H and O–H groups in total. The summed E-state index contributed by atoms with van der Waals surface area (Å²) in [5, 5.41) is 0. The zero-order chi connectivity index (χ0) is 11.8. The monoisotopic (exact) mass is 212 g/mol. The Balaban J connectivity index is 3.89. The second-order valence-corrected chi connectivity index (χ2v) is 4.44. The minimum Gasteiger partial charge on any atom is -0.469 e. The standard InChI is InChI=1S/C13H24O2/c1-6-12(9-10(2)3)8-7-11(4)13(14)15-5/h11-12H,2,6-9H2,1,3-5H3/t11-,12?/m1/s1. The number of ether oxygens (including phenoxy) is 1. The van der Waals surface area contributed by atoms with E-state index >= 15 is 0 Å². The smallest absolute Gasteiger partial charge is 0.308 e. The molecule has 1 unspecified atom stereocenters. The summed E-state index contributed by atoms with van der Waals surface area (Å²) in [6, 6.07) is 0. The fourth-order valence-electron chi connectivity index (χ4n) is 1.75. The molecule has 0 aromatic carbocycles. The molecule has 0 aromatic rings. The largest absolute Gasteiger partial charge is 0.469 e. The molecule has 0 saturated heterocycles. The lowest BCUT2D eigenvalue weighted by Gasteiger charge is -2.16. The summed E-state index contributed by atoms with van der Waals surface area (Å²) in [6.45, 7) is 10.1. The lowest BCUT2D eigenvalue weighted by molar-refractivity contribution is -0.145. The van der Waals surface area contributed by atoms with Crippen LogP contribution in [0.1, 0.15) is 46.5 Å². The zero-order valence-electron chi connectivity index (χ0n) is 10.5. The average Bonchev–Trinajstić information content (AvgIpc) is 2.21. The summed E-state index contributed by atoms with van der Waals surface area (Å²) < 4.78 is 4.70. The van der Waals surface area contributed by atoms with E-state index in [1.54, 1.807) is 0 Å². The third kappa shape index (κ3) is 6.32. The summed E-state index contributed by atoms with van der Waals surface area (Å²) in [5.41, 5.74) is 1.23. The van der Waals surface area contributed by atoms with Crippen molar-refractivity contribution in [1.82, 2.24) is 0 Å². The maximum atomic E-state index is 11.2. The van der Waals surface area contributed by atoms with E-state index in [1.165, 1.54) is 12.7 Å². The molecule has 0 aliphatic heterocycles. The predicted octanol–water partition coefficient (Wildman–Crippen LogP) is 3.57. The fraction of sp³-hybridized carbons (Fsp3) is 0.769. The van der Waals surface area contributed by atoms with Gasteiger partial charge in [0.1, 0.15) is 0 Å². The van der Waals surface area contributed by atoms with Crippen molar-refractivity contribution < 1.29 is 9.53 Å². The molecular weight excluding hydrogens is 188 g/mol. The molecule has 0 aromatic heterocycles. The van der Waals surface area contributed by atoms with E-state index in [2.05, 4.69) is 20.4 Å². The van der Waals surface area contributed by atoms with E-state index in [4.69, 9.17) is 4.74 Å². The second-order valence-electron chi connectivity index (χ2n) is 4.44. The van der Waals surface area contributed by atoms with Crippen molar-refractivity contribution in [2.75, 3.05) is 7.11 Å². The number of carbonyl (C=O) groups is 1. The Morgan fingerprint density at radius 2 is 2.00 bits per heavy atom. The van der Waals surface area contributed by atoms with E-state index in [-0.39, 0.29) is 11.9 Å². The van der Waals surface area contributed by atoms with E-state index in [0.717, 1.165) is 25.7 Å². The van der Waals surface area contributed by atoms with Crippen molar-refractivity contribution in [1.29, 1.82) is 0 Å². The Morgan fingerprint density at radius 1 is 1.40 bits per heavy atom. The minimum atomic E-state index is -0.0971. The molecular formula is C13H24O2. The number of esters is 1. The molecule has 0 aliphatic rings. The van der Waals surface area contributed by atoms with Gasteiger partial charge in [-0.3, -0.25) is 4.79 Å². The van der Waals surface area contributed by atoms with Gasteiger partial charge in [-0.1, -0.05) is 25.8 Å². The van der Waals surface area contributed by atoms with Crippen LogP contribution in [0.3, 0.4) is 0 Å². The van der Waals surface area contributed by atoms with Gasteiger partial charge in [0, 0.05) is 0 Å². The summed E-state index contributed by atoms with van der Waals surface area (Å²) in [6.07, 6.45) is 4.23. The number of methoxy groups -OCH3 is 1. The van der Waals surface area contributed by atoms with Gasteiger partial charge >= 0.3 is 5.97 Å². The van der Waals surface area contributed by atoms with Gasteiger partial charge in [-0.05, 0) is 32.1 Å². The maximum absolute atomic E-state index is 11.2. The third-order valence-electron chi connectivity index (χ3n) is 2.83. The number of allylic oxidation sites excluding steroid dienone is 1. The van der Waals surface area contributed by atoms with Crippen LogP contribution in [0, 0.1) is 11.8 Å². The normalized spacial score (nSPS) is 14.4. The average molecular weight is 212 g/mol. The Labute approximate surface area is 93.7 Å². The van der Waals surface area contributed by atoms with E-state index in [9.17, 15) is 4.79 Å². The van der Waals surface area contributed by atoms with Crippen LogP contribution in [0.15, 0.2) is 12.2 Å².